The van der Waals surface area contributed by atoms with Crippen LogP contribution in [-0.2, 0) is 34.1 Å². The molecule has 0 aliphatic rings. The van der Waals surface area contributed by atoms with E-state index in [0.717, 1.165) is 0 Å². The van der Waals surface area contributed by atoms with Gasteiger partial charge in [-0.2, -0.15) is 0 Å². The summed E-state index contributed by atoms with van der Waals surface area (Å²) in [6.07, 6.45) is 14.0. The largest absolute Gasteiger partial charge is 2.00 e. The smallest absolute Gasteiger partial charge is 0.545 e. The van der Waals surface area contributed by atoms with Crippen molar-refractivity contribution >= 4 is 23.9 Å². The van der Waals surface area contributed by atoms with Gasteiger partial charge in [-0.25, -0.2) is 0 Å². The summed E-state index contributed by atoms with van der Waals surface area (Å²) in [6.45, 7) is 0. The number of carbonyl (C=O) groups excluding carboxylic acids is 4. The van der Waals surface area contributed by atoms with Crippen LogP contribution in [0.4, 0.5) is 0 Å². The Morgan fingerprint density at radius 3 is 0.435 bits per heavy atom. The zero-order chi connectivity index (χ0) is 43.7. The number of benzene rings is 4. The molecule has 0 unspecified atom stereocenters. The molecule has 0 aliphatic heterocycles. The maximum absolute atomic E-state index is 10.1. The first-order valence-corrected chi connectivity index (χ1v) is 17.7. The Bertz CT molecular complexity index is 1780. The van der Waals surface area contributed by atoms with Crippen molar-refractivity contribution in [2.24, 2.45) is 0 Å². The average molecular weight is 911 g/mol. The summed E-state index contributed by atoms with van der Waals surface area (Å²) >= 11 is 0. The van der Waals surface area contributed by atoms with Gasteiger partial charge in [0.15, 0.2) is 0 Å². The van der Waals surface area contributed by atoms with Crippen molar-refractivity contribution in [1.82, 2.24) is 19.9 Å². The Balaban J connectivity index is 0. The van der Waals surface area contributed by atoms with E-state index in [0.29, 0.717) is 0 Å². The number of carboxylic acid groups (broad SMARTS) is 4. The van der Waals surface area contributed by atoms with E-state index in [4.69, 9.17) is 0 Å². The van der Waals surface area contributed by atoms with Gasteiger partial charge >= 0.3 is 34.1 Å². The van der Waals surface area contributed by atoms with E-state index in [1.54, 1.807) is 122 Å². The van der Waals surface area contributed by atoms with E-state index in [2.05, 4.69) is 19.9 Å². The summed E-state index contributed by atoms with van der Waals surface area (Å²) < 4.78 is 0. The molecule has 0 spiro atoms. The molecule has 0 atom stereocenters. The minimum absolute atomic E-state index is 0. The first kappa shape index (κ1) is 56.5. The van der Waals surface area contributed by atoms with Crippen LogP contribution in [0.15, 0.2) is 244 Å². The van der Waals surface area contributed by atoms with Crippen LogP contribution in [0.1, 0.15) is 41.4 Å². The molecule has 4 heterocycles. The molecule has 0 saturated carbocycles. The van der Waals surface area contributed by atoms with E-state index in [1.165, 1.54) is 48.5 Å². The Hall–Kier alpha value is -7.60. The van der Waals surface area contributed by atoms with Gasteiger partial charge in [0.2, 0.25) is 0 Å². The monoisotopic (exact) mass is 910 g/mol. The van der Waals surface area contributed by atoms with Crippen molar-refractivity contribution in [2.45, 2.75) is 0 Å². The molecule has 0 aliphatic carbocycles. The number of hydrogen-bond donors (Lipinski definition) is 0. The third-order valence-electron chi connectivity index (χ3n) is 6.30. The second-order valence-electron chi connectivity index (χ2n) is 10.7. The molecule has 0 amide bonds. The van der Waals surface area contributed by atoms with E-state index >= 15 is 0 Å². The molecule has 0 bridgehead atoms. The minimum atomic E-state index is -1.13. The van der Waals surface area contributed by atoms with Crippen LogP contribution < -0.4 is 20.4 Å². The van der Waals surface area contributed by atoms with Crippen molar-refractivity contribution < 1.29 is 73.7 Å². The fraction of sp³-hybridized carbons (Fsp3) is 0. The summed E-state index contributed by atoms with van der Waals surface area (Å²) in [5.41, 5.74) is 0.880. The standard InChI is InChI=1S/4C7H6O2.4C5H5N.2Mn/c4*8-7(9)6-4-2-1-3-5-6;4*1-2-4-6-5-3-1;;/h4*1-5H,(H,8,9);4*1-5H;;/q;;;;;;;;2*+2/p-4. The van der Waals surface area contributed by atoms with Gasteiger partial charge in [0.05, 0.1) is 23.9 Å². The van der Waals surface area contributed by atoms with Crippen LogP contribution in [0.2, 0.25) is 0 Å². The molecule has 4 aromatic heterocycles. The Kier molecular flexibility index (Phi) is 36.6. The first-order chi connectivity index (χ1) is 29.2. The predicted molar refractivity (Wildman–Crippen MR) is 220 cm³/mol. The number of aromatic nitrogens is 4. The molecule has 0 saturated heterocycles. The fourth-order valence-electron chi connectivity index (χ4n) is 3.55. The van der Waals surface area contributed by atoms with Crippen molar-refractivity contribution in [3.63, 3.8) is 0 Å². The molecule has 12 nitrogen and oxygen atoms in total. The van der Waals surface area contributed by atoms with Crippen LogP contribution in [-0.4, -0.2) is 43.8 Å². The first-order valence-electron chi connectivity index (χ1n) is 17.7. The summed E-state index contributed by atoms with van der Waals surface area (Å²) in [7, 11) is 0. The molecule has 0 fully saturated rings. The molecular weight excluding hydrogens is 870 g/mol. The summed E-state index contributed by atoms with van der Waals surface area (Å²) in [6, 6.07) is 55.1. The summed E-state index contributed by atoms with van der Waals surface area (Å²) in [4.78, 5) is 55.5. The molecule has 2 radical (unpaired) electrons. The van der Waals surface area contributed by atoms with Gasteiger partial charge in [0.25, 0.3) is 0 Å². The normalized spacial score (nSPS) is 8.26. The number of hydrogen-bond acceptors (Lipinski definition) is 12. The van der Waals surface area contributed by atoms with Crippen molar-refractivity contribution in [2.75, 3.05) is 0 Å². The van der Waals surface area contributed by atoms with E-state index in [1.807, 2.05) is 72.8 Å². The molecular formula is C48H40Mn2N4O8. The number of aromatic carboxylic acids is 4. The molecule has 14 heteroatoms. The van der Waals surface area contributed by atoms with E-state index in [9.17, 15) is 39.6 Å². The Morgan fingerprint density at radius 1 is 0.242 bits per heavy atom. The maximum Gasteiger partial charge on any atom is 2.00 e. The van der Waals surface area contributed by atoms with Crippen LogP contribution in [0.3, 0.4) is 0 Å². The Labute approximate surface area is 381 Å². The quantitative estimate of drug-likeness (QED) is 0.223. The number of carboxylic acids is 4. The SMILES string of the molecule is O=C([O-])c1ccccc1.O=C([O-])c1ccccc1.O=C([O-])c1ccccc1.O=C([O-])c1ccccc1.[Mn+2].[Mn+2].c1ccncc1.c1ccncc1.c1ccncc1.c1ccncc1. The van der Waals surface area contributed by atoms with Gasteiger partial charge in [0.1, 0.15) is 0 Å². The van der Waals surface area contributed by atoms with E-state index < -0.39 is 23.9 Å². The van der Waals surface area contributed by atoms with Crippen LogP contribution >= 0.6 is 0 Å². The van der Waals surface area contributed by atoms with Gasteiger partial charge in [0, 0.05) is 49.6 Å². The van der Waals surface area contributed by atoms with Gasteiger partial charge in [-0.3, -0.25) is 19.9 Å². The van der Waals surface area contributed by atoms with Crippen LogP contribution in [0.5, 0.6) is 0 Å². The average Bonchev–Trinajstić information content (AvgIpc) is 3.34. The zero-order valence-electron chi connectivity index (χ0n) is 32.9. The van der Waals surface area contributed by atoms with Crippen LogP contribution in [0, 0.1) is 0 Å². The second-order valence-corrected chi connectivity index (χ2v) is 10.7. The number of rotatable bonds is 4. The summed E-state index contributed by atoms with van der Waals surface area (Å²) in [5, 5.41) is 40.4. The molecule has 8 rings (SSSR count). The number of carbonyl (C=O) groups is 4. The van der Waals surface area contributed by atoms with Gasteiger partial charge in [-0.15, -0.1) is 0 Å². The number of nitrogens with zero attached hydrogens (tertiary/aromatic N) is 4. The molecule has 314 valence electrons. The molecule has 8 aromatic rings. The number of pyridine rings is 4. The topological polar surface area (TPSA) is 212 Å². The predicted octanol–water partition coefficient (Wildman–Crippen LogP) is 4.52. The van der Waals surface area contributed by atoms with Gasteiger partial charge < -0.3 is 39.6 Å². The zero-order valence-corrected chi connectivity index (χ0v) is 35.3. The molecule has 62 heavy (non-hydrogen) atoms. The third kappa shape index (κ3) is 33.4. The van der Waals surface area contributed by atoms with Crippen molar-refractivity contribution in [3.05, 3.63) is 266 Å². The Morgan fingerprint density at radius 2 is 0.371 bits per heavy atom. The summed E-state index contributed by atoms with van der Waals surface area (Å²) in [5.74, 6) is -4.52. The third-order valence-corrected chi connectivity index (χ3v) is 6.30. The second kappa shape index (κ2) is 40.2. The molecule has 4 aromatic carbocycles. The van der Waals surface area contributed by atoms with Crippen LogP contribution in [0.25, 0.3) is 0 Å². The van der Waals surface area contributed by atoms with Gasteiger partial charge in [-0.05, 0) is 70.8 Å². The maximum atomic E-state index is 10.1. The fourth-order valence-corrected chi connectivity index (χ4v) is 3.55. The minimum Gasteiger partial charge on any atom is -0.545 e. The van der Waals surface area contributed by atoms with Crippen molar-refractivity contribution in [1.29, 1.82) is 0 Å². The van der Waals surface area contributed by atoms with Gasteiger partial charge in [-0.1, -0.05) is 146 Å². The molecule has 0 N–H and O–H groups in total. The van der Waals surface area contributed by atoms with E-state index in [-0.39, 0.29) is 56.4 Å². The van der Waals surface area contributed by atoms with Crippen molar-refractivity contribution in [3.8, 4) is 0 Å².